The van der Waals surface area contributed by atoms with E-state index in [-0.39, 0.29) is 0 Å². The Morgan fingerprint density at radius 2 is 1.82 bits per heavy atom. The van der Waals surface area contributed by atoms with Gasteiger partial charge in [0.2, 0.25) is 0 Å². The van der Waals surface area contributed by atoms with Crippen LogP contribution in [0.25, 0.3) is 0 Å². The lowest BCUT2D eigenvalue weighted by Gasteiger charge is -2.33. The molecule has 4 nitrogen and oxygen atoms in total. The van der Waals surface area contributed by atoms with Gasteiger partial charge in [-0.25, -0.2) is 9.97 Å². The summed E-state index contributed by atoms with van der Waals surface area (Å²) in [6.07, 6.45) is 1.07. The van der Waals surface area contributed by atoms with Crippen molar-refractivity contribution in [3.63, 3.8) is 0 Å². The van der Waals surface area contributed by atoms with E-state index in [0.29, 0.717) is 6.04 Å². The summed E-state index contributed by atoms with van der Waals surface area (Å²) in [5, 5.41) is 3.39. The van der Waals surface area contributed by atoms with Crippen molar-refractivity contribution in [3.8, 4) is 0 Å². The van der Waals surface area contributed by atoms with E-state index in [2.05, 4.69) is 27.1 Å². The van der Waals surface area contributed by atoms with E-state index in [4.69, 9.17) is 0 Å². The summed E-state index contributed by atoms with van der Waals surface area (Å²) in [5.74, 6) is 0.993. The molecule has 94 valence electrons. The minimum absolute atomic E-state index is 0.371. The number of piperazine rings is 1. The van der Waals surface area contributed by atoms with Gasteiger partial charge in [0.1, 0.15) is 5.82 Å². The first-order valence-corrected chi connectivity index (χ1v) is 6.47. The van der Waals surface area contributed by atoms with Crippen LogP contribution in [0.3, 0.4) is 0 Å². The van der Waals surface area contributed by atoms with E-state index in [1.165, 1.54) is 0 Å². The zero-order chi connectivity index (χ0) is 12.3. The average Bonchev–Trinajstić information content (AvgIpc) is 2.30. The normalized spacial score (nSPS) is 19.2. The Bertz CT molecular complexity index is 351. The third-order valence-electron chi connectivity index (χ3n) is 3.28. The minimum atomic E-state index is 0.371. The van der Waals surface area contributed by atoms with Crippen LogP contribution in [-0.2, 0) is 0 Å². The fourth-order valence-electron chi connectivity index (χ4n) is 2.50. The Kier molecular flexibility index (Phi) is 4.07. The summed E-state index contributed by atoms with van der Waals surface area (Å²) >= 11 is 0. The first-order valence-electron chi connectivity index (χ1n) is 6.47. The quantitative estimate of drug-likeness (QED) is 0.859. The number of aryl methyl sites for hydroxylation is 2. The van der Waals surface area contributed by atoms with Gasteiger partial charge >= 0.3 is 0 Å². The number of hydrogen-bond donors (Lipinski definition) is 1. The van der Waals surface area contributed by atoms with Crippen molar-refractivity contribution < 1.29 is 0 Å². The number of aromatic nitrogens is 2. The van der Waals surface area contributed by atoms with Crippen LogP contribution in [0.2, 0.25) is 0 Å². The lowest BCUT2D eigenvalue weighted by atomic mass is 10.1. The Morgan fingerprint density at radius 1 is 1.24 bits per heavy atom. The van der Waals surface area contributed by atoms with Gasteiger partial charge in [0.05, 0.1) is 6.04 Å². The molecule has 2 rings (SSSR count). The van der Waals surface area contributed by atoms with Gasteiger partial charge in [0.25, 0.3) is 0 Å². The van der Waals surface area contributed by atoms with Crippen molar-refractivity contribution in [1.82, 2.24) is 20.2 Å². The maximum absolute atomic E-state index is 4.61. The second-order valence-corrected chi connectivity index (χ2v) is 4.72. The standard InChI is InChI=1S/C13H22N4/c1-4-12(17-7-5-14-6-8-17)13-15-10(2)9-11(3)16-13/h9,12,14H,4-8H2,1-3H3. The monoisotopic (exact) mass is 234 g/mol. The van der Waals surface area contributed by atoms with Crippen LogP contribution in [-0.4, -0.2) is 41.0 Å². The molecule has 1 atom stereocenters. The third kappa shape index (κ3) is 3.01. The van der Waals surface area contributed by atoms with Gasteiger partial charge in [-0.3, -0.25) is 4.90 Å². The molecule has 4 heteroatoms. The molecule has 1 unspecified atom stereocenters. The van der Waals surface area contributed by atoms with Crippen molar-refractivity contribution >= 4 is 0 Å². The molecule has 1 N–H and O–H groups in total. The van der Waals surface area contributed by atoms with Crippen molar-refractivity contribution in [1.29, 1.82) is 0 Å². The van der Waals surface area contributed by atoms with Crippen molar-refractivity contribution in [2.75, 3.05) is 26.2 Å². The highest BCUT2D eigenvalue weighted by molar-refractivity contribution is 5.10. The van der Waals surface area contributed by atoms with Crippen LogP contribution in [0.15, 0.2) is 6.07 Å². The highest BCUT2D eigenvalue weighted by Crippen LogP contribution is 2.21. The minimum Gasteiger partial charge on any atom is -0.314 e. The molecule has 1 aromatic rings. The molecule has 0 aliphatic carbocycles. The van der Waals surface area contributed by atoms with Crippen molar-refractivity contribution in [2.24, 2.45) is 0 Å². The van der Waals surface area contributed by atoms with E-state index in [9.17, 15) is 0 Å². The fourth-order valence-corrected chi connectivity index (χ4v) is 2.50. The zero-order valence-electron chi connectivity index (χ0n) is 11.0. The summed E-state index contributed by atoms with van der Waals surface area (Å²) in [4.78, 5) is 11.7. The van der Waals surface area contributed by atoms with E-state index in [0.717, 1.165) is 49.8 Å². The molecule has 1 saturated heterocycles. The number of nitrogens with one attached hydrogen (secondary N) is 1. The van der Waals surface area contributed by atoms with Gasteiger partial charge in [-0.1, -0.05) is 6.92 Å². The molecule has 2 heterocycles. The predicted octanol–water partition coefficient (Wildman–Crippen LogP) is 1.45. The van der Waals surface area contributed by atoms with E-state index in [1.54, 1.807) is 0 Å². The first kappa shape index (κ1) is 12.5. The zero-order valence-corrected chi connectivity index (χ0v) is 11.0. The van der Waals surface area contributed by atoms with Crippen LogP contribution in [0, 0.1) is 13.8 Å². The van der Waals surface area contributed by atoms with Gasteiger partial charge in [-0.15, -0.1) is 0 Å². The highest BCUT2D eigenvalue weighted by atomic mass is 15.2. The summed E-state index contributed by atoms with van der Waals surface area (Å²) in [6, 6.07) is 2.41. The molecule has 0 spiro atoms. The van der Waals surface area contributed by atoms with Crippen LogP contribution in [0.4, 0.5) is 0 Å². The van der Waals surface area contributed by atoms with Gasteiger partial charge in [0.15, 0.2) is 0 Å². The SMILES string of the molecule is CCC(c1nc(C)cc(C)n1)N1CCNCC1. The Hall–Kier alpha value is -1.00. The number of hydrogen-bond acceptors (Lipinski definition) is 4. The van der Waals surface area contributed by atoms with Crippen molar-refractivity contribution in [2.45, 2.75) is 33.2 Å². The van der Waals surface area contributed by atoms with Gasteiger partial charge in [0, 0.05) is 37.6 Å². The molecule has 0 bridgehead atoms. The van der Waals surface area contributed by atoms with Crippen LogP contribution in [0.5, 0.6) is 0 Å². The van der Waals surface area contributed by atoms with Crippen LogP contribution in [0.1, 0.15) is 36.6 Å². The Labute approximate surface area is 103 Å². The van der Waals surface area contributed by atoms with E-state index >= 15 is 0 Å². The summed E-state index contributed by atoms with van der Waals surface area (Å²) in [7, 11) is 0. The first-order chi connectivity index (χ1) is 8.20. The second kappa shape index (κ2) is 5.56. The number of nitrogens with zero attached hydrogens (tertiary/aromatic N) is 3. The van der Waals surface area contributed by atoms with E-state index in [1.807, 2.05) is 19.9 Å². The smallest absolute Gasteiger partial charge is 0.145 e. The van der Waals surface area contributed by atoms with Crippen LogP contribution >= 0.6 is 0 Å². The third-order valence-corrected chi connectivity index (χ3v) is 3.28. The predicted molar refractivity (Wildman–Crippen MR) is 69.0 cm³/mol. The Balaban J connectivity index is 2.21. The molecule has 1 aliphatic heterocycles. The summed E-state index contributed by atoms with van der Waals surface area (Å²) in [5.41, 5.74) is 2.14. The lowest BCUT2D eigenvalue weighted by Crippen LogP contribution is -2.45. The molecule has 0 saturated carbocycles. The van der Waals surface area contributed by atoms with Crippen molar-refractivity contribution in [3.05, 3.63) is 23.3 Å². The average molecular weight is 234 g/mol. The molecular weight excluding hydrogens is 212 g/mol. The fraction of sp³-hybridized carbons (Fsp3) is 0.692. The second-order valence-electron chi connectivity index (χ2n) is 4.72. The Morgan fingerprint density at radius 3 is 2.35 bits per heavy atom. The molecule has 17 heavy (non-hydrogen) atoms. The summed E-state index contributed by atoms with van der Waals surface area (Å²) < 4.78 is 0. The number of rotatable bonds is 3. The highest BCUT2D eigenvalue weighted by Gasteiger charge is 2.22. The molecule has 0 radical (unpaired) electrons. The van der Waals surface area contributed by atoms with Gasteiger partial charge in [-0.05, 0) is 26.3 Å². The molecule has 1 aromatic heterocycles. The molecule has 0 amide bonds. The molecular formula is C13H22N4. The van der Waals surface area contributed by atoms with E-state index < -0.39 is 0 Å². The molecule has 1 aliphatic rings. The van der Waals surface area contributed by atoms with Gasteiger partial charge in [-0.2, -0.15) is 0 Å². The maximum Gasteiger partial charge on any atom is 0.145 e. The summed E-state index contributed by atoms with van der Waals surface area (Å²) in [6.45, 7) is 10.6. The topological polar surface area (TPSA) is 41.1 Å². The molecule has 0 aromatic carbocycles. The lowest BCUT2D eigenvalue weighted by molar-refractivity contribution is 0.162. The largest absolute Gasteiger partial charge is 0.314 e. The maximum atomic E-state index is 4.61. The van der Waals surface area contributed by atoms with Crippen LogP contribution < -0.4 is 5.32 Å². The molecule has 1 fully saturated rings. The van der Waals surface area contributed by atoms with Gasteiger partial charge < -0.3 is 5.32 Å².